The molecule has 2 aromatic carbocycles. The van der Waals surface area contributed by atoms with Crippen LogP contribution in [0.4, 0.5) is 4.39 Å². The summed E-state index contributed by atoms with van der Waals surface area (Å²) < 4.78 is 25.3. The highest BCUT2D eigenvalue weighted by atomic mass is 19.1. The largest absolute Gasteiger partial charge is 0.487 e. The van der Waals surface area contributed by atoms with Crippen molar-refractivity contribution in [2.24, 2.45) is 0 Å². The molecule has 1 heterocycles. The Kier molecular flexibility index (Phi) is 5.56. The number of fused-ring (bicyclic) bond motifs is 1. The summed E-state index contributed by atoms with van der Waals surface area (Å²) in [5, 5.41) is 2.76. The van der Waals surface area contributed by atoms with Crippen LogP contribution in [0.25, 0.3) is 11.1 Å². The zero-order chi connectivity index (χ0) is 19.6. The van der Waals surface area contributed by atoms with E-state index in [1.54, 1.807) is 6.07 Å². The molecule has 2 aromatic rings. The summed E-state index contributed by atoms with van der Waals surface area (Å²) in [6.07, 6.45) is 0.381. The number of ketones is 1. The molecule has 0 spiro atoms. The van der Waals surface area contributed by atoms with Crippen molar-refractivity contribution in [1.29, 1.82) is 0 Å². The number of amides is 1. The van der Waals surface area contributed by atoms with Gasteiger partial charge in [0, 0.05) is 30.2 Å². The molecule has 0 fully saturated rings. The lowest BCUT2D eigenvalue weighted by atomic mass is 9.95. The Morgan fingerprint density at radius 1 is 1.26 bits per heavy atom. The molecule has 1 amide bonds. The summed E-state index contributed by atoms with van der Waals surface area (Å²) in [7, 11) is 1.46. The van der Waals surface area contributed by atoms with Gasteiger partial charge in [-0.1, -0.05) is 6.07 Å². The summed E-state index contributed by atoms with van der Waals surface area (Å²) in [5.41, 5.74) is 3.35. The molecule has 3 rings (SSSR count). The first-order chi connectivity index (χ1) is 12.9. The lowest BCUT2D eigenvalue weighted by Gasteiger charge is -2.14. The number of hydrogen-bond donors (Lipinski definition) is 1. The summed E-state index contributed by atoms with van der Waals surface area (Å²) in [5.74, 6) is -0.145. The third kappa shape index (κ3) is 4.17. The van der Waals surface area contributed by atoms with Gasteiger partial charge in [-0.25, -0.2) is 4.39 Å². The maximum atomic E-state index is 14.5. The van der Waals surface area contributed by atoms with E-state index in [0.29, 0.717) is 35.4 Å². The third-order valence-corrected chi connectivity index (χ3v) is 4.51. The molecule has 1 unspecified atom stereocenters. The van der Waals surface area contributed by atoms with Gasteiger partial charge in [0.2, 0.25) is 5.91 Å². The van der Waals surface area contributed by atoms with Crippen LogP contribution in [0.3, 0.4) is 0 Å². The average molecular weight is 371 g/mol. The van der Waals surface area contributed by atoms with Crippen molar-refractivity contribution < 1.29 is 23.5 Å². The van der Waals surface area contributed by atoms with Gasteiger partial charge in [0.05, 0.1) is 6.54 Å². The van der Waals surface area contributed by atoms with Gasteiger partial charge in [-0.05, 0) is 49.2 Å². The third-order valence-electron chi connectivity index (χ3n) is 4.51. The molecule has 5 nitrogen and oxygen atoms in total. The molecule has 0 radical (unpaired) electrons. The molecular formula is C21H22FNO4. The van der Waals surface area contributed by atoms with Gasteiger partial charge in [0.25, 0.3) is 0 Å². The van der Waals surface area contributed by atoms with Crippen molar-refractivity contribution in [2.75, 3.05) is 20.3 Å². The van der Waals surface area contributed by atoms with Crippen LogP contribution in [0.15, 0.2) is 30.3 Å². The van der Waals surface area contributed by atoms with E-state index in [1.165, 1.54) is 26.2 Å². The van der Waals surface area contributed by atoms with Crippen LogP contribution >= 0.6 is 0 Å². The highest BCUT2D eigenvalue weighted by molar-refractivity contribution is 5.95. The number of rotatable bonds is 6. The van der Waals surface area contributed by atoms with Crippen molar-refractivity contribution in [3.8, 4) is 16.9 Å². The number of carbonyl (C=O) groups is 2. The van der Waals surface area contributed by atoms with Crippen molar-refractivity contribution >= 4 is 11.7 Å². The molecule has 6 heteroatoms. The molecule has 1 atom stereocenters. The molecular weight excluding hydrogens is 349 g/mol. The first-order valence-corrected chi connectivity index (χ1v) is 8.75. The lowest BCUT2D eigenvalue weighted by Crippen LogP contribution is -2.36. The maximum absolute atomic E-state index is 14.5. The van der Waals surface area contributed by atoms with Crippen LogP contribution in [0.5, 0.6) is 5.75 Å². The molecule has 1 aliphatic heterocycles. The predicted molar refractivity (Wildman–Crippen MR) is 99.6 cm³/mol. The molecule has 0 aliphatic carbocycles. The highest BCUT2D eigenvalue weighted by Gasteiger charge is 2.27. The number of carbonyl (C=O) groups excluding carboxylic acids is 2. The van der Waals surface area contributed by atoms with Gasteiger partial charge in [0.1, 0.15) is 24.3 Å². The minimum atomic E-state index is -0.409. The minimum Gasteiger partial charge on any atom is -0.487 e. The number of methoxy groups -OCH3 is 1. The quantitative estimate of drug-likeness (QED) is 0.793. The normalized spacial score (nSPS) is 15.2. The van der Waals surface area contributed by atoms with Crippen molar-refractivity contribution in [1.82, 2.24) is 5.32 Å². The molecule has 1 N–H and O–H groups in total. The zero-order valence-electron chi connectivity index (χ0n) is 15.6. The second kappa shape index (κ2) is 7.88. The van der Waals surface area contributed by atoms with Gasteiger partial charge < -0.3 is 14.8 Å². The number of halogens is 1. The average Bonchev–Trinajstić information content (AvgIpc) is 3.02. The van der Waals surface area contributed by atoms with E-state index in [9.17, 15) is 14.0 Å². The second-order valence-corrected chi connectivity index (χ2v) is 6.73. The smallest absolute Gasteiger partial charge is 0.246 e. The van der Waals surface area contributed by atoms with E-state index in [0.717, 1.165) is 11.1 Å². The standard InChI is InChI=1S/C21H22FNO4/c1-12-6-15-8-16(10-23-20(25)11-26-3)27-21(15)18(7-12)17-9-14(13(2)24)4-5-19(17)22/h4-7,9,16H,8,10-11H2,1-3H3,(H,23,25). The van der Waals surface area contributed by atoms with E-state index in [4.69, 9.17) is 9.47 Å². The summed E-state index contributed by atoms with van der Waals surface area (Å²) >= 11 is 0. The maximum Gasteiger partial charge on any atom is 0.246 e. The van der Waals surface area contributed by atoms with Gasteiger partial charge in [-0.2, -0.15) is 0 Å². The molecule has 27 heavy (non-hydrogen) atoms. The number of ether oxygens (including phenoxy) is 2. The summed E-state index contributed by atoms with van der Waals surface area (Å²) in [6.45, 7) is 3.72. The van der Waals surface area contributed by atoms with E-state index >= 15 is 0 Å². The Morgan fingerprint density at radius 3 is 2.74 bits per heavy atom. The first kappa shape index (κ1) is 19.0. The van der Waals surface area contributed by atoms with Gasteiger partial charge in [-0.3, -0.25) is 9.59 Å². The molecule has 0 saturated carbocycles. The fraction of sp³-hybridized carbons (Fsp3) is 0.333. The number of hydrogen-bond acceptors (Lipinski definition) is 4. The number of aryl methyl sites for hydroxylation is 1. The Hall–Kier alpha value is -2.73. The Bertz CT molecular complexity index is 894. The number of benzene rings is 2. The zero-order valence-corrected chi connectivity index (χ0v) is 15.6. The van der Waals surface area contributed by atoms with Crippen LogP contribution in [0, 0.1) is 12.7 Å². The lowest BCUT2D eigenvalue weighted by molar-refractivity contribution is -0.125. The molecule has 0 bridgehead atoms. The van der Waals surface area contributed by atoms with Gasteiger partial charge in [0.15, 0.2) is 5.78 Å². The molecule has 1 aliphatic rings. The summed E-state index contributed by atoms with van der Waals surface area (Å²) in [6, 6.07) is 8.20. The van der Waals surface area contributed by atoms with Gasteiger partial charge >= 0.3 is 0 Å². The molecule has 0 aromatic heterocycles. The van der Waals surface area contributed by atoms with Crippen molar-refractivity contribution in [3.63, 3.8) is 0 Å². The fourth-order valence-corrected chi connectivity index (χ4v) is 3.27. The molecule has 0 saturated heterocycles. The first-order valence-electron chi connectivity index (χ1n) is 8.75. The van der Waals surface area contributed by atoms with Crippen LogP contribution in [-0.2, 0) is 16.0 Å². The Labute approximate surface area is 157 Å². The number of nitrogens with one attached hydrogen (secondary N) is 1. The minimum absolute atomic E-state index is 0.00687. The van der Waals surface area contributed by atoms with Crippen molar-refractivity contribution in [2.45, 2.75) is 26.4 Å². The van der Waals surface area contributed by atoms with Crippen LogP contribution < -0.4 is 10.1 Å². The Morgan fingerprint density at radius 2 is 2.04 bits per heavy atom. The summed E-state index contributed by atoms with van der Waals surface area (Å²) in [4.78, 5) is 23.3. The fourth-order valence-electron chi connectivity index (χ4n) is 3.27. The van der Waals surface area contributed by atoms with E-state index in [1.807, 2.05) is 19.1 Å². The highest BCUT2D eigenvalue weighted by Crippen LogP contribution is 2.41. The Balaban J connectivity index is 1.90. The van der Waals surface area contributed by atoms with Crippen LogP contribution in [-0.4, -0.2) is 38.1 Å². The molecule has 142 valence electrons. The SMILES string of the molecule is COCC(=O)NCC1Cc2cc(C)cc(-c3cc(C(C)=O)ccc3F)c2O1. The topological polar surface area (TPSA) is 64.6 Å². The van der Waals surface area contributed by atoms with Gasteiger partial charge in [-0.15, -0.1) is 0 Å². The second-order valence-electron chi connectivity index (χ2n) is 6.73. The number of Topliss-reactive ketones (excluding diaryl/α,β-unsaturated/α-hetero) is 1. The predicted octanol–water partition coefficient (Wildman–Crippen LogP) is 3.07. The van der Waals surface area contributed by atoms with Crippen LogP contribution in [0.2, 0.25) is 0 Å². The van der Waals surface area contributed by atoms with E-state index < -0.39 is 5.82 Å². The monoisotopic (exact) mass is 371 g/mol. The van der Waals surface area contributed by atoms with Crippen molar-refractivity contribution in [3.05, 3.63) is 52.8 Å². The van der Waals surface area contributed by atoms with E-state index in [-0.39, 0.29) is 24.4 Å². The van der Waals surface area contributed by atoms with Crippen LogP contribution in [0.1, 0.15) is 28.4 Å². The van der Waals surface area contributed by atoms with E-state index in [2.05, 4.69) is 5.32 Å².